The number of amides is 1. The lowest BCUT2D eigenvalue weighted by Crippen LogP contribution is -2.32. The largest absolute Gasteiger partial charge is 0.399 e. The lowest BCUT2D eigenvalue weighted by molar-refractivity contribution is -0.139. The summed E-state index contributed by atoms with van der Waals surface area (Å²) in [4.78, 5) is 12.2. The number of nitrogens with one attached hydrogen (secondary N) is 1. The number of hydrogen-bond donors (Lipinski definition) is 1. The van der Waals surface area contributed by atoms with E-state index >= 15 is 0 Å². The van der Waals surface area contributed by atoms with Crippen LogP contribution in [0.2, 0.25) is 15.1 Å². The molecule has 0 bridgehead atoms. The third-order valence-corrected chi connectivity index (χ3v) is 7.14. The predicted molar refractivity (Wildman–Crippen MR) is 122 cm³/mol. The first kappa shape index (κ1) is 23.5. The van der Waals surface area contributed by atoms with E-state index in [9.17, 15) is 18.0 Å². The van der Waals surface area contributed by atoms with E-state index in [4.69, 9.17) is 34.8 Å². The number of rotatable bonds is 5. The number of carbonyl (C=O) groups is 1. The van der Waals surface area contributed by atoms with Gasteiger partial charge in [-0.25, -0.2) is 0 Å². The zero-order valence-electron chi connectivity index (χ0n) is 17.0. The first-order chi connectivity index (χ1) is 15.1. The van der Waals surface area contributed by atoms with Crippen LogP contribution < -0.4 is 5.32 Å². The highest BCUT2D eigenvalue weighted by Crippen LogP contribution is 2.41. The molecule has 2 aromatic rings. The SMILES string of the molecule is O=C(NC1CCCc2cc(C=CC(c3cc(Cl)c(Cl)c(Cl)c3)C(F)(F)F)ccc21)C1CC1. The highest BCUT2D eigenvalue weighted by Gasteiger charge is 2.39. The lowest BCUT2D eigenvalue weighted by Gasteiger charge is -2.27. The molecule has 1 fully saturated rings. The number of allylic oxidation sites excluding steroid dienone is 1. The minimum absolute atomic E-state index is 0.0233. The first-order valence-corrected chi connectivity index (χ1v) is 11.6. The van der Waals surface area contributed by atoms with Crippen molar-refractivity contribution in [2.24, 2.45) is 5.92 Å². The Morgan fingerprint density at radius 1 is 1.06 bits per heavy atom. The summed E-state index contributed by atoms with van der Waals surface area (Å²) >= 11 is 17.8. The van der Waals surface area contributed by atoms with Gasteiger partial charge in [-0.05, 0) is 66.5 Å². The maximum Gasteiger partial charge on any atom is 0.399 e. The summed E-state index contributed by atoms with van der Waals surface area (Å²) < 4.78 is 41.3. The standard InChI is InChI=1S/C24H21Cl3F3NO/c25-19-11-16(12-20(26)22(19)27)18(24(28,29)30)9-5-13-4-8-17-15(10-13)2-1-3-21(17)31-23(32)14-6-7-14/h4-5,8-12,14,18,21H,1-3,6-7H2,(H,31,32). The second-order valence-electron chi connectivity index (χ2n) is 8.36. The number of alkyl halides is 3. The molecule has 0 spiro atoms. The smallest absolute Gasteiger partial charge is 0.349 e. The molecule has 1 saturated carbocycles. The Kier molecular flexibility index (Phi) is 6.81. The van der Waals surface area contributed by atoms with Crippen molar-refractivity contribution < 1.29 is 18.0 Å². The normalized spacial score (nSPS) is 19.6. The van der Waals surface area contributed by atoms with Gasteiger partial charge in [0.2, 0.25) is 5.91 Å². The van der Waals surface area contributed by atoms with Crippen LogP contribution >= 0.6 is 34.8 Å². The van der Waals surface area contributed by atoms with Crippen molar-refractivity contribution in [2.45, 2.75) is 50.2 Å². The Bertz CT molecular complexity index is 1040. The van der Waals surface area contributed by atoms with Crippen LogP contribution in [0.25, 0.3) is 6.08 Å². The summed E-state index contributed by atoms with van der Waals surface area (Å²) in [5, 5.41) is 3.10. The van der Waals surface area contributed by atoms with Crippen molar-refractivity contribution in [3.05, 3.63) is 73.7 Å². The molecule has 0 saturated heterocycles. The van der Waals surface area contributed by atoms with Crippen LogP contribution in [0.5, 0.6) is 0 Å². The minimum Gasteiger partial charge on any atom is -0.349 e. The summed E-state index contributed by atoms with van der Waals surface area (Å²) in [6.45, 7) is 0. The molecule has 2 unspecified atom stereocenters. The Labute approximate surface area is 199 Å². The Morgan fingerprint density at radius 3 is 2.38 bits per heavy atom. The van der Waals surface area contributed by atoms with E-state index in [1.54, 1.807) is 6.07 Å². The van der Waals surface area contributed by atoms with Crippen LogP contribution in [-0.4, -0.2) is 12.1 Å². The fraction of sp³-hybridized carbons (Fsp3) is 0.375. The van der Waals surface area contributed by atoms with Crippen LogP contribution in [0, 0.1) is 5.92 Å². The number of carbonyl (C=O) groups excluding carboxylic acids is 1. The van der Waals surface area contributed by atoms with Crippen molar-refractivity contribution in [1.82, 2.24) is 5.32 Å². The van der Waals surface area contributed by atoms with Gasteiger partial charge in [-0.3, -0.25) is 4.79 Å². The van der Waals surface area contributed by atoms with Gasteiger partial charge in [0, 0.05) is 5.92 Å². The molecule has 1 amide bonds. The fourth-order valence-corrected chi connectivity index (χ4v) is 4.71. The average molecular weight is 503 g/mol. The van der Waals surface area contributed by atoms with Crippen LogP contribution in [-0.2, 0) is 11.2 Å². The Balaban J connectivity index is 1.58. The molecular weight excluding hydrogens is 482 g/mol. The monoisotopic (exact) mass is 501 g/mol. The molecule has 2 atom stereocenters. The number of halogens is 6. The van der Waals surface area contributed by atoms with Crippen LogP contribution in [0.15, 0.2) is 36.4 Å². The van der Waals surface area contributed by atoms with Gasteiger partial charge < -0.3 is 5.32 Å². The van der Waals surface area contributed by atoms with Gasteiger partial charge in [0.1, 0.15) is 0 Å². The van der Waals surface area contributed by atoms with E-state index in [2.05, 4.69) is 5.32 Å². The number of fused-ring (bicyclic) bond motifs is 1. The molecule has 8 heteroatoms. The summed E-state index contributed by atoms with van der Waals surface area (Å²) in [5.74, 6) is -1.65. The second-order valence-corrected chi connectivity index (χ2v) is 9.56. The molecule has 2 aromatic carbocycles. The highest BCUT2D eigenvalue weighted by molar-refractivity contribution is 6.48. The third kappa shape index (κ3) is 5.27. The fourth-order valence-electron chi connectivity index (χ4n) is 4.09. The molecule has 32 heavy (non-hydrogen) atoms. The van der Waals surface area contributed by atoms with Gasteiger partial charge >= 0.3 is 6.18 Å². The van der Waals surface area contributed by atoms with Gasteiger partial charge in [-0.15, -0.1) is 0 Å². The molecule has 4 rings (SSSR count). The molecule has 0 heterocycles. The van der Waals surface area contributed by atoms with Crippen molar-refractivity contribution >= 4 is 46.8 Å². The van der Waals surface area contributed by atoms with E-state index in [0.717, 1.165) is 49.3 Å². The summed E-state index contributed by atoms with van der Waals surface area (Å²) in [7, 11) is 0. The molecule has 0 aromatic heterocycles. The van der Waals surface area contributed by atoms with Crippen LogP contribution in [0.1, 0.15) is 59.9 Å². The number of benzene rings is 2. The summed E-state index contributed by atoms with van der Waals surface area (Å²) in [6.07, 6.45) is 2.55. The number of aryl methyl sites for hydroxylation is 1. The van der Waals surface area contributed by atoms with Crippen LogP contribution in [0.4, 0.5) is 13.2 Å². The van der Waals surface area contributed by atoms with Gasteiger partial charge in [0.15, 0.2) is 0 Å². The zero-order valence-corrected chi connectivity index (χ0v) is 19.3. The molecular formula is C24H21Cl3F3NO. The van der Waals surface area contributed by atoms with Crippen molar-refractivity contribution in [2.75, 3.05) is 0 Å². The molecule has 0 radical (unpaired) electrons. The zero-order chi connectivity index (χ0) is 23.0. The lowest BCUT2D eigenvalue weighted by atomic mass is 9.86. The second kappa shape index (κ2) is 9.28. The van der Waals surface area contributed by atoms with E-state index in [-0.39, 0.29) is 38.5 Å². The Hall–Kier alpha value is -1.69. The molecule has 2 aliphatic rings. The topological polar surface area (TPSA) is 29.1 Å². The Morgan fingerprint density at radius 2 is 1.75 bits per heavy atom. The van der Waals surface area contributed by atoms with E-state index in [1.165, 1.54) is 18.2 Å². The van der Waals surface area contributed by atoms with Crippen molar-refractivity contribution in [3.8, 4) is 0 Å². The van der Waals surface area contributed by atoms with E-state index in [1.807, 2.05) is 12.1 Å². The maximum atomic E-state index is 13.8. The van der Waals surface area contributed by atoms with Gasteiger partial charge in [-0.1, -0.05) is 65.2 Å². The quantitative estimate of drug-likeness (QED) is 0.414. The van der Waals surface area contributed by atoms with E-state index in [0.29, 0.717) is 5.56 Å². The molecule has 2 aliphatic carbocycles. The maximum absolute atomic E-state index is 13.8. The molecule has 1 N–H and O–H groups in total. The third-order valence-electron chi connectivity index (χ3n) is 5.95. The molecule has 170 valence electrons. The summed E-state index contributed by atoms with van der Waals surface area (Å²) in [6, 6.07) is 7.94. The van der Waals surface area contributed by atoms with Crippen LogP contribution in [0.3, 0.4) is 0 Å². The molecule has 0 aliphatic heterocycles. The predicted octanol–water partition coefficient (Wildman–Crippen LogP) is 7.91. The minimum atomic E-state index is -4.52. The number of hydrogen-bond acceptors (Lipinski definition) is 1. The summed E-state index contributed by atoms with van der Waals surface area (Å²) in [5.41, 5.74) is 2.69. The molecule has 2 nitrogen and oxygen atoms in total. The van der Waals surface area contributed by atoms with Crippen molar-refractivity contribution in [1.29, 1.82) is 0 Å². The highest BCUT2D eigenvalue weighted by atomic mass is 35.5. The van der Waals surface area contributed by atoms with Gasteiger partial charge in [-0.2, -0.15) is 13.2 Å². The van der Waals surface area contributed by atoms with Gasteiger partial charge in [0.05, 0.1) is 27.0 Å². The average Bonchev–Trinajstić information content (AvgIpc) is 3.56. The van der Waals surface area contributed by atoms with Crippen molar-refractivity contribution in [3.63, 3.8) is 0 Å². The first-order valence-electron chi connectivity index (χ1n) is 10.5. The van der Waals surface area contributed by atoms with E-state index < -0.39 is 12.1 Å². The van der Waals surface area contributed by atoms with Gasteiger partial charge in [0.25, 0.3) is 0 Å².